The van der Waals surface area contributed by atoms with Gasteiger partial charge in [-0.2, -0.15) is 0 Å². The van der Waals surface area contributed by atoms with Crippen LogP contribution in [0.15, 0.2) is 0 Å². The first-order valence-corrected chi connectivity index (χ1v) is 7.08. The van der Waals surface area contributed by atoms with Crippen molar-refractivity contribution in [3.05, 3.63) is 0 Å². The molecule has 0 spiro atoms. The van der Waals surface area contributed by atoms with Gasteiger partial charge in [0.15, 0.2) is 0 Å². The van der Waals surface area contributed by atoms with Crippen molar-refractivity contribution in [1.29, 1.82) is 0 Å². The number of aliphatic carboxylic acids is 1. The van der Waals surface area contributed by atoms with Crippen LogP contribution >= 0.6 is 0 Å². The van der Waals surface area contributed by atoms with Crippen molar-refractivity contribution in [3.63, 3.8) is 0 Å². The molecule has 19 heavy (non-hydrogen) atoms. The number of urea groups is 1. The van der Waals surface area contributed by atoms with Crippen molar-refractivity contribution in [1.82, 2.24) is 10.2 Å². The van der Waals surface area contributed by atoms with Crippen molar-refractivity contribution in [2.24, 2.45) is 17.8 Å². The summed E-state index contributed by atoms with van der Waals surface area (Å²) < 4.78 is 0. The Bertz CT molecular complexity index is 292. The molecule has 0 radical (unpaired) electrons. The minimum Gasteiger partial charge on any atom is -0.481 e. The molecule has 0 saturated carbocycles. The average Bonchev–Trinajstić information content (AvgIpc) is 2.34. The first-order valence-electron chi connectivity index (χ1n) is 7.08. The van der Waals surface area contributed by atoms with E-state index in [0.29, 0.717) is 19.0 Å². The van der Waals surface area contributed by atoms with Gasteiger partial charge < -0.3 is 15.3 Å². The summed E-state index contributed by atoms with van der Waals surface area (Å²) in [5.41, 5.74) is 0. The highest BCUT2D eigenvalue weighted by Gasteiger charge is 2.23. The second-order valence-electron chi connectivity index (χ2n) is 5.43. The molecule has 0 aromatic rings. The third-order valence-corrected chi connectivity index (χ3v) is 3.49. The van der Waals surface area contributed by atoms with E-state index in [4.69, 9.17) is 5.11 Å². The molecular weight excluding hydrogens is 244 g/mol. The fraction of sp³-hybridized carbons (Fsp3) is 0.857. The molecule has 112 valence electrons. The second kappa shape index (κ2) is 8.77. The molecule has 5 heteroatoms. The summed E-state index contributed by atoms with van der Waals surface area (Å²) in [6.07, 6.45) is 1.02. The van der Waals surface area contributed by atoms with Gasteiger partial charge in [0.25, 0.3) is 0 Å². The number of carbonyl (C=O) groups is 2. The molecule has 5 nitrogen and oxygen atoms in total. The van der Waals surface area contributed by atoms with E-state index in [1.807, 2.05) is 20.8 Å². The number of nitrogens with zero attached hydrogens (tertiary/aromatic N) is 1. The van der Waals surface area contributed by atoms with Crippen LogP contribution in [0.2, 0.25) is 0 Å². The van der Waals surface area contributed by atoms with Crippen LogP contribution in [0.1, 0.15) is 41.0 Å². The monoisotopic (exact) mass is 272 g/mol. The molecule has 2 unspecified atom stereocenters. The van der Waals surface area contributed by atoms with Crippen LogP contribution in [0.25, 0.3) is 0 Å². The predicted molar refractivity (Wildman–Crippen MR) is 76.1 cm³/mol. The zero-order valence-corrected chi connectivity index (χ0v) is 12.8. The highest BCUT2D eigenvalue weighted by Crippen LogP contribution is 2.10. The maximum atomic E-state index is 12.0. The fourth-order valence-electron chi connectivity index (χ4n) is 1.78. The number of carboxylic acid groups (broad SMARTS) is 1. The van der Waals surface area contributed by atoms with E-state index >= 15 is 0 Å². The number of nitrogens with one attached hydrogen (secondary N) is 1. The molecule has 0 saturated heterocycles. The Hall–Kier alpha value is -1.26. The predicted octanol–water partition coefficient (Wildman–Crippen LogP) is 2.42. The molecule has 0 aliphatic rings. The summed E-state index contributed by atoms with van der Waals surface area (Å²) in [4.78, 5) is 24.8. The van der Waals surface area contributed by atoms with Gasteiger partial charge >= 0.3 is 12.0 Å². The van der Waals surface area contributed by atoms with Crippen LogP contribution in [0, 0.1) is 17.8 Å². The topological polar surface area (TPSA) is 69.6 Å². The normalized spacial score (nSPS) is 14.0. The third-order valence-electron chi connectivity index (χ3n) is 3.49. The van der Waals surface area contributed by atoms with Crippen molar-refractivity contribution < 1.29 is 14.7 Å². The molecule has 2 atom stereocenters. The van der Waals surface area contributed by atoms with Gasteiger partial charge in [-0.15, -0.1) is 0 Å². The Labute approximate surface area is 116 Å². The summed E-state index contributed by atoms with van der Waals surface area (Å²) >= 11 is 0. The van der Waals surface area contributed by atoms with E-state index < -0.39 is 11.9 Å². The lowest BCUT2D eigenvalue weighted by Gasteiger charge is -2.25. The van der Waals surface area contributed by atoms with E-state index in [1.165, 1.54) is 0 Å². The van der Waals surface area contributed by atoms with E-state index in [2.05, 4.69) is 19.2 Å². The van der Waals surface area contributed by atoms with Gasteiger partial charge in [-0.05, 0) is 18.8 Å². The molecule has 0 aromatic heterocycles. The van der Waals surface area contributed by atoms with Gasteiger partial charge in [0.05, 0.1) is 5.92 Å². The summed E-state index contributed by atoms with van der Waals surface area (Å²) in [6.45, 7) is 11.3. The van der Waals surface area contributed by atoms with Gasteiger partial charge in [-0.3, -0.25) is 4.79 Å². The summed E-state index contributed by atoms with van der Waals surface area (Å²) in [7, 11) is 0. The minimum absolute atomic E-state index is 0.00226. The zero-order valence-electron chi connectivity index (χ0n) is 12.8. The Kier molecular flexibility index (Phi) is 8.19. The van der Waals surface area contributed by atoms with Gasteiger partial charge in [0, 0.05) is 19.6 Å². The molecule has 0 heterocycles. The molecule has 0 fully saturated rings. The molecule has 2 amide bonds. The molecule has 0 rings (SSSR count). The van der Waals surface area contributed by atoms with Crippen molar-refractivity contribution in [2.45, 2.75) is 41.0 Å². The highest BCUT2D eigenvalue weighted by atomic mass is 16.4. The van der Waals surface area contributed by atoms with Crippen molar-refractivity contribution in [2.75, 3.05) is 19.6 Å². The molecule has 0 aliphatic heterocycles. The standard InChI is InChI=1S/C14H28N2O3/c1-6-11(5)9-16(7-2)14(19)15-8-12(10(3)4)13(17)18/h10-12H,6-9H2,1-5H3,(H,15,19)(H,17,18). The maximum Gasteiger partial charge on any atom is 0.317 e. The van der Waals surface area contributed by atoms with E-state index in [0.717, 1.165) is 6.42 Å². The van der Waals surface area contributed by atoms with Crippen LogP contribution in [0.4, 0.5) is 4.79 Å². The molecule has 0 aliphatic carbocycles. The first-order chi connectivity index (χ1) is 8.83. The maximum absolute atomic E-state index is 12.0. The first kappa shape index (κ1) is 17.7. The Morgan fingerprint density at radius 2 is 1.79 bits per heavy atom. The number of rotatable bonds is 8. The van der Waals surface area contributed by atoms with Gasteiger partial charge in [-0.1, -0.05) is 34.1 Å². The number of hydrogen-bond donors (Lipinski definition) is 2. The van der Waals surface area contributed by atoms with E-state index in [1.54, 1.807) is 4.90 Å². The van der Waals surface area contributed by atoms with Crippen LogP contribution < -0.4 is 5.32 Å². The molecule has 0 aromatic carbocycles. The largest absolute Gasteiger partial charge is 0.481 e. The van der Waals surface area contributed by atoms with Crippen molar-refractivity contribution in [3.8, 4) is 0 Å². The van der Waals surface area contributed by atoms with Crippen LogP contribution in [-0.4, -0.2) is 41.6 Å². The van der Waals surface area contributed by atoms with Crippen LogP contribution in [0.5, 0.6) is 0 Å². The average molecular weight is 272 g/mol. The fourth-order valence-corrected chi connectivity index (χ4v) is 1.78. The van der Waals surface area contributed by atoms with Crippen LogP contribution in [-0.2, 0) is 4.79 Å². The lowest BCUT2D eigenvalue weighted by Crippen LogP contribution is -2.45. The lowest BCUT2D eigenvalue weighted by molar-refractivity contribution is -0.142. The SMILES string of the molecule is CCC(C)CN(CC)C(=O)NCC(C(=O)O)C(C)C. The highest BCUT2D eigenvalue weighted by molar-refractivity contribution is 5.76. The number of amides is 2. The van der Waals surface area contributed by atoms with Gasteiger partial charge in [0.1, 0.15) is 0 Å². The lowest BCUT2D eigenvalue weighted by atomic mass is 9.96. The number of carbonyl (C=O) groups excluding carboxylic acids is 1. The van der Waals surface area contributed by atoms with Crippen LogP contribution in [0.3, 0.4) is 0 Å². The summed E-state index contributed by atoms with van der Waals surface area (Å²) in [5, 5.41) is 11.8. The quantitative estimate of drug-likeness (QED) is 0.713. The molecule has 0 bridgehead atoms. The second-order valence-corrected chi connectivity index (χ2v) is 5.43. The summed E-state index contributed by atoms with van der Waals surface area (Å²) in [6, 6.07) is -0.172. The summed E-state index contributed by atoms with van der Waals surface area (Å²) in [5.74, 6) is -0.944. The molecular formula is C14H28N2O3. The number of hydrogen-bond acceptors (Lipinski definition) is 2. The zero-order chi connectivity index (χ0) is 15.0. The minimum atomic E-state index is -0.861. The Balaban J connectivity index is 4.37. The third kappa shape index (κ3) is 6.45. The molecule has 2 N–H and O–H groups in total. The Morgan fingerprint density at radius 1 is 1.21 bits per heavy atom. The Morgan fingerprint density at radius 3 is 2.16 bits per heavy atom. The van der Waals surface area contributed by atoms with E-state index in [-0.39, 0.29) is 18.5 Å². The van der Waals surface area contributed by atoms with Crippen molar-refractivity contribution >= 4 is 12.0 Å². The number of carboxylic acids is 1. The smallest absolute Gasteiger partial charge is 0.317 e. The van der Waals surface area contributed by atoms with Gasteiger partial charge in [0.2, 0.25) is 0 Å². The van der Waals surface area contributed by atoms with Gasteiger partial charge in [-0.25, -0.2) is 4.79 Å². The van der Waals surface area contributed by atoms with E-state index in [9.17, 15) is 9.59 Å².